The second-order valence-electron chi connectivity index (χ2n) is 4.89. The fourth-order valence-electron chi connectivity index (χ4n) is 2.12. The van der Waals surface area contributed by atoms with Crippen LogP contribution in [0.3, 0.4) is 0 Å². The lowest BCUT2D eigenvalue weighted by Crippen LogP contribution is -2.20. The third-order valence-electron chi connectivity index (χ3n) is 3.30. The number of aliphatic imine (C=N–C) groups is 1. The van der Waals surface area contributed by atoms with E-state index in [4.69, 9.17) is 5.26 Å². The number of hydrogen-bond acceptors (Lipinski definition) is 4. The number of Topliss-reactive ketones (excluding diaryl/α,β-unsaturated/α-hetero) is 1. The van der Waals surface area contributed by atoms with Crippen molar-refractivity contribution in [2.75, 3.05) is 6.54 Å². The minimum absolute atomic E-state index is 0.121. The summed E-state index contributed by atoms with van der Waals surface area (Å²) in [6, 6.07) is 8.88. The molecule has 0 spiro atoms. The minimum Gasteiger partial charge on any atom is -0.289 e. The van der Waals surface area contributed by atoms with E-state index in [1.54, 1.807) is 36.4 Å². The number of carbonyl (C=O) groups excluding carboxylic acids is 2. The van der Waals surface area contributed by atoms with Crippen LogP contribution in [0.25, 0.3) is 6.08 Å². The molecular weight excluding hydrogens is 288 g/mol. The lowest BCUT2D eigenvalue weighted by atomic mass is 10.0. The molecule has 0 aliphatic heterocycles. The Balaban J connectivity index is 2.18. The van der Waals surface area contributed by atoms with Crippen LogP contribution in [0.4, 0.5) is 0 Å². The molecule has 1 aromatic carbocycles. The highest BCUT2D eigenvalue weighted by atomic mass is 16.1. The predicted octanol–water partition coefficient (Wildman–Crippen LogP) is 3.06. The normalized spacial score (nSPS) is 16.3. The standard InChI is InChI=1S/C19H16N2O2/c1-2-21-17-6-4-3-5-16(19(17)23)18(22)12-11-14-7-9-15(13-20)10-8-14/h3-5,7-12H,2,6H2,1H3/b12-11+,21-17?. The molecule has 1 aliphatic rings. The number of carbonyl (C=O) groups is 2. The van der Waals surface area contributed by atoms with Crippen LogP contribution in [0.1, 0.15) is 24.5 Å². The number of benzene rings is 1. The Bertz CT molecular complexity index is 773. The van der Waals surface area contributed by atoms with Gasteiger partial charge >= 0.3 is 0 Å². The zero-order valence-electron chi connectivity index (χ0n) is 12.8. The van der Waals surface area contributed by atoms with Gasteiger partial charge in [-0.3, -0.25) is 14.6 Å². The summed E-state index contributed by atoms with van der Waals surface area (Å²) < 4.78 is 0. The molecule has 0 saturated heterocycles. The van der Waals surface area contributed by atoms with Gasteiger partial charge in [0, 0.05) is 13.0 Å². The average Bonchev–Trinajstić information content (AvgIpc) is 2.76. The van der Waals surface area contributed by atoms with E-state index in [0.717, 1.165) is 5.56 Å². The zero-order chi connectivity index (χ0) is 16.7. The van der Waals surface area contributed by atoms with Crippen molar-refractivity contribution in [3.8, 4) is 6.07 Å². The number of nitrogens with zero attached hydrogens (tertiary/aromatic N) is 2. The smallest absolute Gasteiger partial charge is 0.210 e. The van der Waals surface area contributed by atoms with E-state index in [1.807, 2.05) is 19.1 Å². The quantitative estimate of drug-likeness (QED) is 0.634. The van der Waals surface area contributed by atoms with Crippen molar-refractivity contribution in [1.82, 2.24) is 0 Å². The summed E-state index contributed by atoms with van der Waals surface area (Å²) in [4.78, 5) is 28.8. The highest BCUT2D eigenvalue weighted by Gasteiger charge is 2.21. The minimum atomic E-state index is -0.352. The summed E-state index contributed by atoms with van der Waals surface area (Å²) in [6.45, 7) is 2.36. The van der Waals surface area contributed by atoms with Crippen LogP contribution in [0, 0.1) is 11.3 Å². The molecule has 23 heavy (non-hydrogen) atoms. The maximum Gasteiger partial charge on any atom is 0.210 e. The first-order valence-electron chi connectivity index (χ1n) is 7.33. The molecule has 0 atom stereocenters. The van der Waals surface area contributed by atoms with E-state index in [2.05, 4.69) is 4.99 Å². The van der Waals surface area contributed by atoms with Crippen LogP contribution in [0.5, 0.6) is 0 Å². The van der Waals surface area contributed by atoms with Crippen molar-refractivity contribution >= 4 is 23.4 Å². The molecule has 4 nitrogen and oxygen atoms in total. The molecule has 0 N–H and O–H groups in total. The number of ketones is 2. The zero-order valence-corrected chi connectivity index (χ0v) is 12.8. The van der Waals surface area contributed by atoms with Gasteiger partial charge in [0.2, 0.25) is 5.78 Å². The fraction of sp³-hybridized carbons (Fsp3) is 0.158. The van der Waals surface area contributed by atoms with Crippen LogP contribution in [-0.2, 0) is 9.59 Å². The van der Waals surface area contributed by atoms with Crippen LogP contribution in [0.15, 0.2) is 59.1 Å². The summed E-state index contributed by atoms with van der Waals surface area (Å²) >= 11 is 0. The first kappa shape index (κ1) is 16.3. The van der Waals surface area contributed by atoms with Crippen molar-refractivity contribution in [2.24, 2.45) is 4.99 Å². The summed E-state index contributed by atoms with van der Waals surface area (Å²) in [5.41, 5.74) is 1.88. The van der Waals surface area contributed by atoms with Crippen molar-refractivity contribution < 1.29 is 9.59 Å². The van der Waals surface area contributed by atoms with Gasteiger partial charge < -0.3 is 0 Å². The Hall–Kier alpha value is -3.06. The molecule has 1 aliphatic carbocycles. The van der Waals surface area contributed by atoms with Gasteiger partial charge in [-0.05, 0) is 36.8 Å². The maximum absolute atomic E-state index is 12.3. The third-order valence-corrected chi connectivity index (χ3v) is 3.30. The highest BCUT2D eigenvalue weighted by molar-refractivity contribution is 6.52. The molecule has 114 valence electrons. The van der Waals surface area contributed by atoms with Gasteiger partial charge in [-0.25, -0.2) is 0 Å². The summed E-state index contributed by atoms with van der Waals surface area (Å²) in [7, 11) is 0. The largest absolute Gasteiger partial charge is 0.289 e. The van der Waals surface area contributed by atoms with Crippen LogP contribution in [0.2, 0.25) is 0 Å². The first-order chi connectivity index (χ1) is 11.2. The highest BCUT2D eigenvalue weighted by Crippen LogP contribution is 2.12. The molecular formula is C19H16N2O2. The molecule has 0 saturated carbocycles. The van der Waals surface area contributed by atoms with E-state index in [-0.39, 0.29) is 17.1 Å². The van der Waals surface area contributed by atoms with Crippen LogP contribution in [-0.4, -0.2) is 23.8 Å². The number of rotatable bonds is 4. The molecule has 4 heteroatoms. The first-order valence-corrected chi connectivity index (χ1v) is 7.33. The Morgan fingerprint density at radius 2 is 2.09 bits per heavy atom. The second-order valence-corrected chi connectivity index (χ2v) is 4.89. The Morgan fingerprint density at radius 1 is 1.35 bits per heavy atom. The third kappa shape index (κ3) is 4.21. The van der Waals surface area contributed by atoms with Crippen LogP contribution < -0.4 is 0 Å². The van der Waals surface area contributed by atoms with Crippen molar-refractivity contribution in [3.63, 3.8) is 0 Å². The average molecular weight is 304 g/mol. The van der Waals surface area contributed by atoms with Gasteiger partial charge in [0.25, 0.3) is 0 Å². The van der Waals surface area contributed by atoms with E-state index in [1.165, 1.54) is 12.2 Å². The van der Waals surface area contributed by atoms with Gasteiger partial charge in [0.05, 0.1) is 22.9 Å². The van der Waals surface area contributed by atoms with E-state index >= 15 is 0 Å². The van der Waals surface area contributed by atoms with Crippen molar-refractivity contribution in [2.45, 2.75) is 13.3 Å². The number of nitriles is 1. The van der Waals surface area contributed by atoms with Gasteiger partial charge in [-0.15, -0.1) is 0 Å². The Morgan fingerprint density at radius 3 is 2.74 bits per heavy atom. The molecule has 2 rings (SSSR count). The van der Waals surface area contributed by atoms with Crippen LogP contribution >= 0.6 is 0 Å². The van der Waals surface area contributed by atoms with Crippen molar-refractivity contribution in [1.29, 1.82) is 5.26 Å². The van der Waals surface area contributed by atoms with Gasteiger partial charge in [0.1, 0.15) is 0 Å². The van der Waals surface area contributed by atoms with Gasteiger partial charge in [-0.2, -0.15) is 5.26 Å². The summed E-state index contributed by atoms with van der Waals surface area (Å²) in [5, 5.41) is 8.76. The van der Waals surface area contributed by atoms with E-state index in [0.29, 0.717) is 24.2 Å². The Labute approximate surface area is 135 Å². The number of hydrogen-bond donors (Lipinski definition) is 0. The molecule has 1 aromatic rings. The molecule has 0 heterocycles. The number of allylic oxidation sites excluding steroid dienone is 5. The molecule has 0 bridgehead atoms. The molecule has 0 fully saturated rings. The van der Waals surface area contributed by atoms with E-state index < -0.39 is 0 Å². The second kappa shape index (κ2) is 7.81. The summed E-state index contributed by atoms with van der Waals surface area (Å²) in [5.74, 6) is -0.666. The molecule has 0 aromatic heterocycles. The lowest BCUT2D eigenvalue weighted by molar-refractivity contribution is -0.116. The van der Waals surface area contributed by atoms with E-state index in [9.17, 15) is 9.59 Å². The maximum atomic E-state index is 12.3. The SMILES string of the molecule is CCN=C1CC=CC=C(C(=O)/C=C/c2ccc(C#N)cc2)C1=O. The molecule has 0 amide bonds. The predicted molar refractivity (Wildman–Crippen MR) is 90.0 cm³/mol. The summed E-state index contributed by atoms with van der Waals surface area (Å²) in [6.07, 6.45) is 8.50. The van der Waals surface area contributed by atoms with Crippen molar-refractivity contribution in [3.05, 3.63) is 65.3 Å². The fourth-order valence-corrected chi connectivity index (χ4v) is 2.12. The van der Waals surface area contributed by atoms with Gasteiger partial charge in [0.15, 0.2) is 5.78 Å². The topological polar surface area (TPSA) is 70.3 Å². The lowest BCUT2D eigenvalue weighted by Gasteiger charge is -2.03. The van der Waals surface area contributed by atoms with Gasteiger partial charge in [-0.1, -0.05) is 30.4 Å². The Kier molecular flexibility index (Phi) is 5.54. The molecule has 0 unspecified atom stereocenters. The monoisotopic (exact) mass is 304 g/mol. The molecule has 0 radical (unpaired) electrons.